The number of carbonyl (C=O) groups excluding carboxylic acids is 1. The van der Waals surface area contributed by atoms with Crippen LogP contribution in [0, 0.1) is 6.92 Å². The molecule has 0 amide bonds. The third-order valence-electron chi connectivity index (χ3n) is 3.06. The molecular weight excluding hydrogens is 328 g/mol. The summed E-state index contributed by atoms with van der Waals surface area (Å²) in [6, 6.07) is 1.77. The summed E-state index contributed by atoms with van der Waals surface area (Å²) in [6.07, 6.45) is 1.39. The average molecular weight is 348 g/mol. The molecule has 0 atom stereocenters. The number of amidine groups is 1. The first kappa shape index (κ1) is 18.2. The Hall–Kier alpha value is -3.17. The van der Waals surface area contributed by atoms with Gasteiger partial charge in [0.2, 0.25) is 11.8 Å². The number of rotatable bonds is 5. The zero-order valence-corrected chi connectivity index (χ0v) is 14.7. The van der Waals surface area contributed by atoms with Crippen molar-refractivity contribution in [2.24, 2.45) is 12.0 Å². The van der Waals surface area contributed by atoms with Gasteiger partial charge in [0.15, 0.2) is 5.82 Å². The lowest BCUT2D eigenvalue weighted by molar-refractivity contribution is 0.0527. The van der Waals surface area contributed by atoms with Crippen LogP contribution in [0.5, 0.6) is 5.88 Å². The smallest absolute Gasteiger partial charge is 0.343 e. The molecule has 0 spiro atoms. The molecule has 10 nitrogen and oxygen atoms in total. The number of aliphatic imine (C=N–C) groups is 1. The topological polar surface area (TPSA) is 113 Å². The van der Waals surface area contributed by atoms with E-state index in [4.69, 9.17) is 14.2 Å². The van der Waals surface area contributed by atoms with Crippen LogP contribution < -0.4 is 10.1 Å². The van der Waals surface area contributed by atoms with Crippen molar-refractivity contribution in [1.82, 2.24) is 19.7 Å². The Morgan fingerprint density at radius 3 is 2.76 bits per heavy atom. The standard InChI is InChI=1S/C15H20N6O4/c1-6-25-13(22)10-8-16-21(3)12(10)19-15(24-5)20-14-17-9(2)7-11(18-14)23-4/h7-8H,6H2,1-5H3,(H,17,18,19,20). The van der Waals surface area contributed by atoms with Crippen molar-refractivity contribution in [3.8, 4) is 5.88 Å². The monoisotopic (exact) mass is 348 g/mol. The predicted octanol–water partition coefficient (Wildman–Crippen LogP) is 1.45. The summed E-state index contributed by atoms with van der Waals surface area (Å²) in [5.41, 5.74) is 0.931. The molecule has 2 aromatic heterocycles. The van der Waals surface area contributed by atoms with Gasteiger partial charge in [0.25, 0.3) is 6.02 Å². The number of ether oxygens (including phenoxy) is 3. The van der Waals surface area contributed by atoms with E-state index in [9.17, 15) is 4.79 Å². The lowest BCUT2D eigenvalue weighted by atomic mass is 10.3. The minimum Gasteiger partial charge on any atom is -0.481 e. The molecule has 0 bridgehead atoms. The van der Waals surface area contributed by atoms with Crippen LogP contribution in [-0.4, -0.2) is 52.6 Å². The Bertz CT molecular complexity index is 786. The summed E-state index contributed by atoms with van der Waals surface area (Å²) in [7, 11) is 4.60. The van der Waals surface area contributed by atoms with Gasteiger partial charge < -0.3 is 14.2 Å². The number of methoxy groups -OCH3 is 2. The minimum absolute atomic E-state index is 0.0850. The van der Waals surface area contributed by atoms with Gasteiger partial charge >= 0.3 is 5.97 Å². The Balaban J connectivity index is 2.34. The number of hydrogen-bond acceptors (Lipinski definition) is 8. The van der Waals surface area contributed by atoms with Crippen molar-refractivity contribution in [3.63, 3.8) is 0 Å². The number of carbonyl (C=O) groups is 1. The molecule has 0 radical (unpaired) electrons. The molecule has 0 aliphatic rings. The second-order valence-electron chi connectivity index (χ2n) is 4.85. The van der Waals surface area contributed by atoms with Crippen molar-refractivity contribution >= 4 is 23.8 Å². The van der Waals surface area contributed by atoms with Crippen molar-refractivity contribution in [2.45, 2.75) is 13.8 Å². The molecule has 25 heavy (non-hydrogen) atoms. The summed E-state index contributed by atoms with van der Waals surface area (Å²) in [4.78, 5) is 24.7. The maximum Gasteiger partial charge on any atom is 0.343 e. The molecule has 0 aliphatic heterocycles. The molecule has 10 heteroatoms. The van der Waals surface area contributed by atoms with Crippen LogP contribution in [0.1, 0.15) is 23.0 Å². The Morgan fingerprint density at radius 1 is 1.36 bits per heavy atom. The van der Waals surface area contributed by atoms with Gasteiger partial charge in [-0.15, -0.1) is 0 Å². The summed E-state index contributed by atoms with van der Waals surface area (Å²) < 4.78 is 16.8. The van der Waals surface area contributed by atoms with Crippen molar-refractivity contribution in [3.05, 3.63) is 23.5 Å². The summed E-state index contributed by atoms with van der Waals surface area (Å²) in [5, 5.41) is 6.87. The summed E-state index contributed by atoms with van der Waals surface area (Å²) in [5.74, 6) is 0.413. The molecule has 0 aromatic carbocycles. The van der Waals surface area contributed by atoms with Crippen LogP contribution in [-0.2, 0) is 16.5 Å². The SMILES string of the molecule is CCOC(=O)c1cnn(C)c1/N=C(/Nc1nc(C)cc(OC)n1)OC. The molecule has 134 valence electrons. The summed E-state index contributed by atoms with van der Waals surface area (Å²) in [6.45, 7) is 3.78. The maximum atomic E-state index is 12.0. The molecule has 0 aliphatic carbocycles. The largest absolute Gasteiger partial charge is 0.481 e. The molecule has 0 saturated carbocycles. The van der Waals surface area contributed by atoms with Gasteiger partial charge in [0.1, 0.15) is 5.56 Å². The minimum atomic E-state index is -0.515. The van der Waals surface area contributed by atoms with E-state index in [0.717, 1.165) is 0 Å². The van der Waals surface area contributed by atoms with Gasteiger partial charge in [0.05, 0.1) is 27.0 Å². The first-order chi connectivity index (χ1) is 12.0. The molecule has 0 saturated heterocycles. The second kappa shape index (κ2) is 8.08. The summed E-state index contributed by atoms with van der Waals surface area (Å²) >= 11 is 0. The molecule has 0 unspecified atom stereocenters. The molecular formula is C15H20N6O4. The highest BCUT2D eigenvalue weighted by atomic mass is 16.5. The third kappa shape index (κ3) is 4.43. The van der Waals surface area contributed by atoms with Gasteiger partial charge in [-0.2, -0.15) is 15.1 Å². The fourth-order valence-corrected chi connectivity index (χ4v) is 1.93. The van der Waals surface area contributed by atoms with Crippen molar-refractivity contribution in [1.29, 1.82) is 0 Å². The van der Waals surface area contributed by atoms with E-state index in [1.165, 1.54) is 25.1 Å². The van der Waals surface area contributed by atoms with E-state index in [-0.39, 0.29) is 30.0 Å². The highest BCUT2D eigenvalue weighted by molar-refractivity contribution is 5.96. The van der Waals surface area contributed by atoms with Gasteiger partial charge in [-0.3, -0.25) is 10.00 Å². The maximum absolute atomic E-state index is 12.0. The molecule has 1 N–H and O–H groups in total. The third-order valence-corrected chi connectivity index (χ3v) is 3.06. The molecule has 2 aromatic rings. The average Bonchev–Trinajstić information content (AvgIpc) is 2.94. The van der Waals surface area contributed by atoms with Crippen LogP contribution in [0.2, 0.25) is 0 Å². The van der Waals surface area contributed by atoms with Crippen molar-refractivity contribution < 1.29 is 19.0 Å². The van der Waals surface area contributed by atoms with E-state index in [1.54, 1.807) is 27.0 Å². The Kier molecular flexibility index (Phi) is 5.88. The Morgan fingerprint density at radius 2 is 2.12 bits per heavy atom. The highest BCUT2D eigenvalue weighted by Gasteiger charge is 2.18. The second-order valence-corrected chi connectivity index (χ2v) is 4.85. The lowest BCUT2D eigenvalue weighted by Crippen LogP contribution is -2.17. The van der Waals surface area contributed by atoms with E-state index in [0.29, 0.717) is 11.6 Å². The van der Waals surface area contributed by atoms with Gasteiger partial charge in [-0.1, -0.05) is 0 Å². The van der Waals surface area contributed by atoms with Crippen LogP contribution in [0.25, 0.3) is 0 Å². The number of anilines is 1. The Labute approximate surface area is 144 Å². The number of aryl methyl sites for hydroxylation is 2. The fraction of sp³-hybridized carbons (Fsp3) is 0.400. The zero-order chi connectivity index (χ0) is 18.4. The first-order valence-corrected chi connectivity index (χ1v) is 7.47. The lowest BCUT2D eigenvalue weighted by Gasteiger charge is -2.09. The zero-order valence-electron chi connectivity index (χ0n) is 14.7. The number of nitrogens with zero attached hydrogens (tertiary/aromatic N) is 5. The van der Waals surface area contributed by atoms with E-state index < -0.39 is 5.97 Å². The fourth-order valence-electron chi connectivity index (χ4n) is 1.93. The van der Waals surface area contributed by atoms with Gasteiger partial charge in [0, 0.05) is 18.8 Å². The van der Waals surface area contributed by atoms with Crippen LogP contribution in [0.15, 0.2) is 17.3 Å². The quantitative estimate of drug-likeness (QED) is 0.491. The number of esters is 1. The number of nitrogens with one attached hydrogen (secondary N) is 1. The first-order valence-electron chi connectivity index (χ1n) is 7.47. The van der Waals surface area contributed by atoms with Crippen LogP contribution >= 0.6 is 0 Å². The molecule has 2 heterocycles. The van der Waals surface area contributed by atoms with Crippen LogP contribution in [0.4, 0.5) is 11.8 Å². The number of hydrogen-bond donors (Lipinski definition) is 1. The van der Waals surface area contributed by atoms with Crippen LogP contribution in [0.3, 0.4) is 0 Å². The highest BCUT2D eigenvalue weighted by Crippen LogP contribution is 2.20. The number of aromatic nitrogens is 4. The molecule has 0 fully saturated rings. The predicted molar refractivity (Wildman–Crippen MR) is 90.2 cm³/mol. The van der Waals surface area contributed by atoms with Gasteiger partial charge in [-0.05, 0) is 13.8 Å². The van der Waals surface area contributed by atoms with Gasteiger partial charge in [-0.25, -0.2) is 9.78 Å². The van der Waals surface area contributed by atoms with Crippen molar-refractivity contribution in [2.75, 3.05) is 26.1 Å². The molecule has 2 rings (SSSR count). The van der Waals surface area contributed by atoms with E-state index in [1.807, 2.05) is 0 Å². The van der Waals surface area contributed by atoms with E-state index >= 15 is 0 Å². The normalized spacial score (nSPS) is 11.2. The van der Waals surface area contributed by atoms with E-state index in [2.05, 4.69) is 25.4 Å².